The standard InChI is InChI=1S/C15H24N2O2/c1-11(2)17(10-13-6-4-5-9-16-13)15(18)14-8-7-12(3)19-14/h7-8,11,13,16H,4-6,9-10H2,1-3H3. The SMILES string of the molecule is Cc1ccc(C(=O)N(CC2CCCCN2)C(C)C)o1. The molecule has 0 aromatic carbocycles. The Hall–Kier alpha value is -1.29. The summed E-state index contributed by atoms with van der Waals surface area (Å²) in [6.07, 6.45) is 3.63. The highest BCUT2D eigenvalue weighted by molar-refractivity contribution is 5.91. The first-order chi connectivity index (χ1) is 9.08. The fraction of sp³-hybridized carbons (Fsp3) is 0.667. The zero-order chi connectivity index (χ0) is 13.8. The third-order valence-corrected chi connectivity index (χ3v) is 3.66. The van der Waals surface area contributed by atoms with Crippen molar-refractivity contribution in [3.8, 4) is 0 Å². The average molecular weight is 264 g/mol. The van der Waals surface area contributed by atoms with Gasteiger partial charge in [0.1, 0.15) is 5.76 Å². The molecule has 2 heterocycles. The number of furan rings is 1. The van der Waals surface area contributed by atoms with Crippen molar-refractivity contribution in [2.75, 3.05) is 13.1 Å². The predicted molar refractivity (Wildman–Crippen MR) is 75.3 cm³/mol. The van der Waals surface area contributed by atoms with E-state index in [0.29, 0.717) is 11.8 Å². The van der Waals surface area contributed by atoms with Crippen molar-refractivity contribution in [3.05, 3.63) is 23.7 Å². The zero-order valence-corrected chi connectivity index (χ0v) is 12.1. The quantitative estimate of drug-likeness (QED) is 0.909. The number of hydrogen-bond donors (Lipinski definition) is 1. The Morgan fingerprint density at radius 1 is 1.47 bits per heavy atom. The number of nitrogens with zero attached hydrogens (tertiary/aromatic N) is 1. The predicted octanol–water partition coefficient (Wildman–Crippen LogP) is 2.58. The van der Waals surface area contributed by atoms with Gasteiger partial charge in [0.2, 0.25) is 0 Å². The number of piperidine rings is 1. The summed E-state index contributed by atoms with van der Waals surface area (Å²) in [6, 6.07) is 4.20. The van der Waals surface area contributed by atoms with Crippen molar-refractivity contribution in [1.29, 1.82) is 0 Å². The third kappa shape index (κ3) is 3.60. The molecule has 4 nitrogen and oxygen atoms in total. The van der Waals surface area contributed by atoms with E-state index in [-0.39, 0.29) is 11.9 Å². The molecule has 0 bridgehead atoms. The molecule has 1 atom stereocenters. The van der Waals surface area contributed by atoms with Gasteiger partial charge in [0.25, 0.3) is 5.91 Å². The van der Waals surface area contributed by atoms with Crippen LogP contribution in [0.15, 0.2) is 16.5 Å². The molecule has 0 saturated carbocycles. The maximum absolute atomic E-state index is 12.5. The van der Waals surface area contributed by atoms with Gasteiger partial charge in [0, 0.05) is 18.6 Å². The smallest absolute Gasteiger partial charge is 0.289 e. The van der Waals surface area contributed by atoms with Gasteiger partial charge in [-0.2, -0.15) is 0 Å². The van der Waals surface area contributed by atoms with Crippen LogP contribution in [-0.4, -0.2) is 36.0 Å². The lowest BCUT2D eigenvalue weighted by Crippen LogP contribution is -2.48. The summed E-state index contributed by atoms with van der Waals surface area (Å²) in [6.45, 7) is 7.78. The Balaban J connectivity index is 2.04. The van der Waals surface area contributed by atoms with Crippen LogP contribution in [0.4, 0.5) is 0 Å². The molecular formula is C15H24N2O2. The molecule has 0 spiro atoms. The van der Waals surface area contributed by atoms with Gasteiger partial charge in [0.15, 0.2) is 5.76 Å². The van der Waals surface area contributed by atoms with Crippen molar-refractivity contribution in [2.24, 2.45) is 0 Å². The highest BCUT2D eigenvalue weighted by Gasteiger charge is 2.25. The van der Waals surface area contributed by atoms with Crippen LogP contribution in [-0.2, 0) is 0 Å². The Bertz CT molecular complexity index is 420. The molecule has 0 radical (unpaired) electrons. The highest BCUT2D eigenvalue weighted by Crippen LogP contribution is 2.15. The Morgan fingerprint density at radius 3 is 2.79 bits per heavy atom. The van der Waals surface area contributed by atoms with Gasteiger partial charge in [-0.25, -0.2) is 0 Å². The number of hydrogen-bond acceptors (Lipinski definition) is 3. The van der Waals surface area contributed by atoms with Gasteiger partial charge in [-0.15, -0.1) is 0 Å². The number of carbonyl (C=O) groups excluding carboxylic acids is 1. The molecule has 106 valence electrons. The molecule has 1 aromatic rings. The van der Waals surface area contributed by atoms with Gasteiger partial charge < -0.3 is 14.6 Å². The lowest BCUT2D eigenvalue weighted by molar-refractivity contribution is 0.0643. The molecule has 1 N–H and O–H groups in total. The molecular weight excluding hydrogens is 240 g/mol. The minimum absolute atomic E-state index is 0.00419. The fourth-order valence-corrected chi connectivity index (χ4v) is 2.54. The van der Waals surface area contributed by atoms with Gasteiger partial charge in [-0.05, 0) is 52.3 Å². The summed E-state index contributed by atoms with van der Waals surface area (Å²) in [5.41, 5.74) is 0. The normalized spacial score (nSPS) is 19.7. The van der Waals surface area contributed by atoms with Crippen molar-refractivity contribution < 1.29 is 9.21 Å². The molecule has 0 aliphatic carbocycles. The lowest BCUT2D eigenvalue weighted by atomic mass is 10.0. The molecule has 1 amide bonds. The van der Waals surface area contributed by atoms with Crippen LogP contribution in [0.25, 0.3) is 0 Å². The van der Waals surface area contributed by atoms with Crippen LogP contribution in [0.1, 0.15) is 49.4 Å². The summed E-state index contributed by atoms with van der Waals surface area (Å²) in [5, 5.41) is 3.49. The van der Waals surface area contributed by atoms with Crippen molar-refractivity contribution >= 4 is 5.91 Å². The van der Waals surface area contributed by atoms with Gasteiger partial charge >= 0.3 is 0 Å². The van der Waals surface area contributed by atoms with E-state index in [1.165, 1.54) is 12.8 Å². The Labute approximate surface area is 115 Å². The molecule has 1 unspecified atom stereocenters. The third-order valence-electron chi connectivity index (χ3n) is 3.66. The lowest BCUT2D eigenvalue weighted by Gasteiger charge is -2.32. The molecule has 19 heavy (non-hydrogen) atoms. The van der Waals surface area contributed by atoms with E-state index < -0.39 is 0 Å². The Kier molecular flexibility index (Phi) is 4.64. The zero-order valence-electron chi connectivity index (χ0n) is 12.1. The van der Waals surface area contributed by atoms with Crippen LogP contribution in [0.5, 0.6) is 0 Å². The molecule has 1 aliphatic rings. The van der Waals surface area contributed by atoms with E-state index >= 15 is 0 Å². The molecule has 1 fully saturated rings. The summed E-state index contributed by atoms with van der Waals surface area (Å²) in [5.74, 6) is 1.22. The summed E-state index contributed by atoms with van der Waals surface area (Å²) in [7, 11) is 0. The van der Waals surface area contributed by atoms with Crippen molar-refractivity contribution in [3.63, 3.8) is 0 Å². The van der Waals surface area contributed by atoms with E-state index in [1.807, 2.05) is 17.9 Å². The maximum atomic E-state index is 12.5. The minimum atomic E-state index is -0.00419. The second-order valence-electron chi connectivity index (χ2n) is 5.61. The van der Waals surface area contributed by atoms with Crippen LogP contribution >= 0.6 is 0 Å². The van der Waals surface area contributed by atoms with Crippen LogP contribution in [0.3, 0.4) is 0 Å². The first-order valence-electron chi connectivity index (χ1n) is 7.18. The number of nitrogens with one attached hydrogen (secondary N) is 1. The number of rotatable bonds is 4. The molecule has 2 rings (SSSR count). The van der Waals surface area contributed by atoms with Crippen molar-refractivity contribution in [2.45, 2.75) is 52.1 Å². The second kappa shape index (κ2) is 6.24. The van der Waals surface area contributed by atoms with E-state index in [1.54, 1.807) is 6.07 Å². The topological polar surface area (TPSA) is 45.5 Å². The van der Waals surface area contributed by atoms with E-state index in [0.717, 1.165) is 25.3 Å². The second-order valence-corrected chi connectivity index (χ2v) is 5.61. The minimum Gasteiger partial charge on any atom is -0.456 e. The molecule has 4 heteroatoms. The summed E-state index contributed by atoms with van der Waals surface area (Å²) < 4.78 is 5.45. The molecule has 1 aromatic heterocycles. The Morgan fingerprint density at radius 2 is 2.26 bits per heavy atom. The van der Waals surface area contributed by atoms with E-state index in [2.05, 4.69) is 19.2 Å². The first kappa shape index (κ1) is 14.1. The van der Waals surface area contributed by atoms with Crippen molar-refractivity contribution in [1.82, 2.24) is 10.2 Å². The van der Waals surface area contributed by atoms with Crippen LogP contribution < -0.4 is 5.32 Å². The highest BCUT2D eigenvalue weighted by atomic mass is 16.3. The van der Waals surface area contributed by atoms with Gasteiger partial charge in [0.05, 0.1) is 0 Å². The molecule has 1 saturated heterocycles. The number of carbonyl (C=O) groups is 1. The first-order valence-corrected chi connectivity index (χ1v) is 7.18. The summed E-state index contributed by atoms with van der Waals surface area (Å²) in [4.78, 5) is 14.4. The maximum Gasteiger partial charge on any atom is 0.289 e. The van der Waals surface area contributed by atoms with Gasteiger partial charge in [-0.1, -0.05) is 6.42 Å². The number of aryl methyl sites for hydroxylation is 1. The number of amides is 1. The molecule has 1 aliphatic heterocycles. The van der Waals surface area contributed by atoms with E-state index in [4.69, 9.17) is 4.42 Å². The van der Waals surface area contributed by atoms with Crippen LogP contribution in [0, 0.1) is 6.92 Å². The fourth-order valence-electron chi connectivity index (χ4n) is 2.54. The average Bonchev–Trinajstić information content (AvgIpc) is 2.83. The summed E-state index contributed by atoms with van der Waals surface area (Å²) >= 11 is 0. The van der Waals surface area contributed by atoms with Gasteiger partial charge in [-0.3, -0.25) is 4.79 Å². The monoisotopic (exact) mass is 264 g/mol. The largest absolute Gasteiger partial charge is 0.456 e. The van der Waals surface area contributed by atoms with E-state index in [9.17, 15) is 4.79 Å². The van der Waals surface area contributed by atoms with Crippen LogP contribution in [0.2, 0.25) is 0 Å².